The van der Waals surface area contributed by atoms with Crippen molar-refractivity contribution >= 4 is 37.6 Å². The van der Waals surface area contributed by atoms with Gasteiger partial charge in [-0.2, -0.15) is 0 Å². The highest BCUT2D eigenvalue weighted by Gasteiger charge is 2.09. The maximum Gasteiger partial charge on any atom is 0.167 e. The number of carbonyl (C=O) groups excluding carboxylic acids is 1. The van der Waals surface area contributed by atoms with Crippen molar-refractivity contribution in [1.82, 2.24) is 0 Å². The predicted molar refractivity (Wildman–Crippen MR) is 76.3 cm³/mol. The Labute approximate surface area is 121 Å². The van der Waals surface area contributed by atoms with Crippen molar-refractivity contribution in [3.8, 4) is 0 Å². The smallest absolute Gasteiger partial charge is 0.167 e. The maximum absolute atomic E-state index is 13.1. The second-order valence-electron chi connectivity index (χ2n) is 3.86. The van der Waals surface area contributed by atoms with Crippen LogP contribution in [0.2, 0.25) is 0 Å². The fourth-order valence-electron chi connectivity index (χ4n) is 1.60. The maximum atomic E-state index is 13.1. The molecule has 0 aromatic heterocycles. The lowest BCUT2D eigenvalue weighted by atomic mass is 10.0. The lowest BCUT2D eigenvalue weighted by Gasteiger charge is -2.03. The molecule has 0 aliphatic heterocycles. The van der Waals surface area contributed by atoms with Gasteiger partial charge in [-0.3, -0.25) is 4.79 Å². The molecule has 2 rings (SSSR count). The Kier molecular flexibility index (Phi) is 4.30. The predicted octanol–water partition coefficient (Wildman–Crippen LogP) is 4.78. The van der Waals surface area contributed by atoms with Gasteiger partial charge < -0.3 is 0 Å². The average Bonchev–Trinajstić information content (AvgIpc) is 2.32. The molecule has 0 amide bonds. The van der Waals surface area contributed by atoms with Crippen molar-refractivity contribution < 1.29 is 9.18 Å². The van der Waals surface area contributed by atoms with E-state index in [1.807, 2.05) is 24.3 Å². The zero-order chi connectivity index (χ0) is 13.1. The van der Waals surface area contributed by atoms with Gasteiger partial charge in [-0.15, -0.1) is 0 Å². The first-order chi connectivity index (χ1) is 8.56. The van der Waals surface area contributed by atoms with Crippen LogP contribution in [-0.2, 0) is 6.42 Å². The van der Waals surface area contributed by atoms with Crippen LogP contribution < -0.4 is 0 Å². The third-order valence-corrected chi connectivity index (χ3v) is 3.60. The van der Waals surface area contributed by atoms with Gasteiger partial charge in [0.05, 0.1) is 4.47 Å². The van der Waals surface area contributed by atoms with Crippen LogP contribution in [0.5, 0.6) is 0 Å². The highest BCUT2D eigenvalue weighted by atomic mass is 79.9. The second-order valence-corrected chi connectivity index (χ2v) is 5.63. The van der Waals surface area contributed by atoms with Gasteiger partial charge in [0.25, 0.3) is 0 Å². The van der Waals surface area contributed by atoms with Crippen LogP contribution in [0.3, 0.4) is 0 Å². The van der Waals surface area contributed by atoms with E-state index < -0.39 is 0 Å². The van der Waals surface area contributed by atoms with Gasteiger partial charge in [0.15, 0.2) is 5.78 Å². The Hall–Kier alpha value is -1.00. The summed E-state index contributed by atoms with van der Waals surface area (Å²) in [6.45, 7) is 0. The molecular formula is C14H9Br2FO. The first-order valence-electron chi connectivity index (χ1n) is 5.29. The van der Waals surface area contributed by atoms with Gasteiger partial charge in [-0.25, -0.2) is 4.39 Å². The van der Waals surface area contributed by atoms with E-state index in [1.165, 1.54) is 18.2 Å². The molecule has 0 saturated carbocycles. The molecule has 0 fully saturated rings. The van der Waals surface area contributed by atoms with Crippen LogP contribution in [0.15, 0.2) is 51.4 Å². The summed E-state index contributed by atoms with van der Waals surface area (Å²) in [5.41, 5.74) is 1.43. The lowest BCUT2D eigenvalue weighted by molar-refractivity contribution is 0.0993. The molecule has 0 heterocycles. The largest absolute Gasteiger partial charge is 0.294 e. The van der Waals surface area contributed by atoms with E-state index in [0.717, 1.165) is 10.0 Å². The Balaban J connectivity index is 2.19. The molecular weight excluding hydrogens is 363 g/mol. The van der Waals surface area contributed by atoms with Gasteiger partial charge in [0.2, 0.25) is 0 Å². The minimum Gasteiger partial charge on any atom is -0.294 e. The normalized spacial score (nSPS) is 10.4. The molecule has 0 aliphatic carbocycles. The number of benzene rings is 2. The van der Waals surface area contributed by atoms with Crippen molar-refractivity contribution in [1.29, 1.82) is 0 Å². The van der Waals surface area contributed by atoms with E-state index in [4.69, 9.17) is 0 Å². The zero-order valence-corrected chi connectivity index (χ0v) is 12.5. The van der Waals surface area contributed by atoms with Gasteiger partial charge in [0, 0.05) is 16.5 Å². The monoisotopic (exact) mass is 370 g/mol. The van der Waals surface area contributed by atoms with Crippen LogP contribution in [-0.4, -0.2) is 5.78 Å². The quantitative estimate of drug-likeness (QED) is 0.710. The van der Waals surface area contributed by atoms with E-state index in [0.29, 0.717) is 16.5 Å². The summed E-state index contributed by atoms with van der Waals surface area (Å²) in [6.07, 6.45) is 0.303. The van der Waals surface area contributed by atoms with Gasteiger partial charge >= 0.3 is 0 Å². The summed E-state index contributed by atoms with van der Waals surface area (Å²) in [6, 6.07) is 11.9. The van der Waals surface area contributed by atoms with Crippen molar-refractivity contribution in [2.75, 3.05) is 0 Å². The fraction of sp³-hybridized carbons (Fsp3) is 0.0714. The van der Waals surface area contributed by atoms with Crippen molar-refractivity contribution in [3.63, 3.8) is 0 Å². The average molecular weight is 372 g/mol. The third-order valence-electron chi connectivity index (χ3n) is 2.50. The molecule has 2 aromatic rings. The first kappa shape index (κ1) is 13.4. The summed E-state index contributed by atoms with van der Waals surface area (Å²) in [4.78, 5) is 12.0. The Morgan fingerprint density at radius 1 is 1.11 bits per heavy atom. The first-order valence-corrected chi connectivity index (χ1v) is 6.87. The molecule has 1 nitrogen and oxygen atoms in total. The number of rotatable bonds is 3. The number of halogens is 3. The van der Waals surface area contributed by atoms with E-state index in [-0.39, 0.29) is 11.6 Å². The van der Waals surface area contributed by atoms with E-state index in [1.54, 1.807) is 0 Å². The minimum absolute atomic E-state index is 0.0335. The number of ketones is 1. The highest BCUT2D eigenvalue weighted by Crippen LogP contribution is 2.19. The SMILES string of the molecule is O=C(Cc1cccc(Br)c1)c1ccc(F)c(Br)c1. The summed E-state index contributed by atoms with van der Waals surface area (Å²) in [5.74, 6) is -0.400. The third kappa shape index (κ3) is 3.27. The zero-order valence-electron chi connectivity index (χ0n) is 9.29. The summed E-state index contributed by atoms with van der Waals surface area (Å²) in [5, 5.41) is 0. The molecule has 0 bridgehead atoms. The molecule has 0 radical (unpaired) electrons. The molecule has 0 spiro atoms. The minimum atomic E-state index is -0.367. The number of Topliss-reactive ketones (excluding diaryl/α,β-unsaturated/α-hetero) is 1. The molecule has 0 atom stereocenters. The number of hydrogen-bond donors (Lipinski definition) is 0. The van der Waals surface area contributed by atoms with Gasteiger partial charge in [-0.05, 0) is 51.8 Å². The Bertz CT molecular complexity index is 596. The Morgan fingerprint density at radius 2 is 1.89 bits per heavy atom. The van der Waals surface area contributed by atoms with Crippen molar-refractivity contribution in [2.24, 2.45) is 0 Å². The summed E-state index contributed by atoms with van der Waals surface area (Å²) in [7, 11) is 0. The molecule has 92 valence electrons. The van der Waals surface area contributed by atoms with Crippen LogP contribution >= 0.6 is 31.9 Å². The van der Waals surface area contributed by atoms with E-state index in [2.05, 4.69) is 31.9 Å². The molecule has 2 aromatic carbocycles. The lowest BCUT2D eigenvalue weighted by Crippen LogP contribution is -2.03. The summed E-state index contributed by atoms with van der Waals surface area (Å²) >= 11 is 6.44. The Morgan fingerprint density at radius 3 is 2.56 bits per heavy atom. The molecule has 4 heteroatoms. The van der Waals surface area contributed by atoms with Gasteiger partial charge in [-0.1, -0.05) is 28.1 Å². The molecule has 0 saturated heterocycles. The molecule has 0 unspecified atom stereocenters. The standard InChI is InChI=1S/C14H9Br2FO/c15-11-3-1-2-9(6-11)7-14(18)10-4-5-13(17)12(16)8-10/h1-6,8H,7H2. The number of carbonyl (C=O) groups is 1. The van der Waals surface area contributed by atoms with Crippen molar-refractivity contribution in [3.05, 3.63) is 68.4 Å². The van der Waals surface area contributed by atoms with Crippen LogP contribution in [0.4, 0.5) is 4.39 Å². The van der Waals surface area contributed by atoms with Crippen LogP contribution in [0.1, 0.15) is 15.9 Å². The number of hydrogen-bond acceptors (Lipinski definition) is 1. The topological polar surface area (TPSA) is 17.1 Å². The van der Waals surface area contributed by atoms with Gasteiger partial charge in [0.1, 0.15) is 5.82 Å². The van der Waals surface area contributed by atoms with Crippen molar-refractivity contribution in [2.45, 2.75) is 6.42 Å². The molecule has 0 aliphatic rings. The summed E-state index contributed by atoms with van der Waals surface area (Å²) < 4.78 is 14.3. The van der Waals surface area contributed by atoms with Crippen LogP contribution in [0.25, 0.3) is 0 Å². The second kappa shape index (κ2) is 5.76. The van der Waals surface area contributed by atoms with E-state index >= 15 is 0 Å². The fourth-order valence-corrected chi connectivity index (χ4v) is 2.43. The highest BCUT2D eigenvalue weighted by molar-refractivity contribution is 9.10. The van der Waals surface area contributed by atoms with Crippen LogP contribution in [0, 0.1) is 5.82 Å². The van der Waals surface area contributed by atoms with E-state index in [9.17, 15) is 9.18 Å². The molecule has 0 N–H and O–H groups in total. The molecule has 18 heavy (non-hydrogen) atoms.